The molecule has 1 nitrogen and oxygen atoms in total. The fourth-order valence-corrected chi connectivity index (χ4v) is 22.1. The van der Waals surface area contributed by atoms with E-state index in [0.29, 0.717) is 5.78 Å². The van der Waals surface area contributed by atoms with Crippen LogP contribution in [-0.2, 0) is 51.4 Å². The lowest BCUT2D eigenvalue weighted by molar-refractivity contribution is 0.0198. The van der Waals surface area contributed by atoms with Crippen molar-refractivity contribution in [1.82, 2.24) is 0 Å². The summed E-state index contributed by atoms with van der Waals surface area (Å²) in [7, 11) is 0. The maximum Gasteiger partial charge on any atom is 0.163 e. The Balaban J connectivity index is 0.000000142. The predicted molar refractivity (Wildman–Crippen MR) is 557 cm³/mol. The van der Waals surface area contributed by atoms with Crippen LogP contribution in [0.1, 0.15) is 465 Å². The summed E-state index contributed by atoms with van der Waals surface area (Å²) < 4.78 is 0. The fourth-order valence-electron chi connectivity index (χ4n) is 22.1. The lowest BCUT2D eigenvalue weighted by Crippen LogP contribution is -2.38. The van der Waals surface area contributed by atoms with Crippen LogP contribution < -0.4 is 0 Å². The molecule has 6 aromatic carbocycles. The number of benzene rings is 6. The highest BCUT2D eigenvalue weighted by Crippen LogP contribution is 2.53. The average Bonchev–Trinajstić information content (AvgIpc) is 1.69. The standard InChI is InChI=1S/C13H10.C10H10O.C10H16.C10H18.C10H12.C9H10.C8H8.C8H16.C7H14.C6H12.C6H10.2C6H8.C5H10.C5H8.C4H8.C3H6/c1-3-7-12-10(5-1)9-11-6-2-4-8-13(11)12;11-10-7-3-5-8-4-1-2-6-9(8)10;1-7-2-9-4-8(1)5-10(3-7)6-9;2*1-2-6-10-8-4-3-7-9(10)5-1;1-2-5-9-7-3-6-8(9)4-1;1-2-4-8-6-5-7(8)3-1;1-2-4-6-8-7-5-3-1;1-2-4-6-7-5-3-1;4*1-2-4-6-5-3-1;2*1-2-4-5-3-1;1-2-4-3-1;1-2-3-1/h1-8H,9H2;1-2,4,6H,3,5,7H2;7-10H,1-6H2;9-10H,1-8H2;1-2,5-6H,3-4,7-8H2;1-2,4-5H,3,6-7H2;1-4H,5-6H2;1-8H2;1-7H2;1-6H2;1-2H,3-6H2;1-2,5-6H,3-4H2;1-4H,5-6H2;1-5H2;1-2H,3-5H2;1-4H2;1-3H2. The van der Waals surface area contributed by atoms with Crippen molar-refractivity contribution in [2.45, 2.75) is 456 Å². The van der Waals surface area contributed by atoms with Crippen molar-refractivity contribution in [3.8, 4) is 11.1 Å². The molecule has 0 unspecified atom stereocenters. The summed E-state index contributed by atoms with van der Waals surface area (Å²) in [6.07, 6.45) is 128. The van der Waals surface area contributed by atoms with Gasteiger partial charge in [0.05, 0.1) is 0 Å². The van der Waals surface area contributed by atoms with Gasteiger partial charge in [-0.25, -0.2) is 0 Å². The van der Waals surface area contributed by atoms with E-state index in [1.807, 2.05) is 24.3 Å². The number of allylic oxidation sites excluding steroid dienone is 12. The molecule has 21 aliphatic carbocycles. The molecule has 0 radical (unpaired) electrons. The predicted octanol–water partition coefficient (Wildman–Crippen LogP) is 38.7. The van der Waals surface area contributed by atoms with Crippen LogP contribution in [0.2, 0.25) is 0 Å². The van der Waals surface area contributed by atoms with Crippen LogP contribution in [0.15, 0.2) is 219 Å². The Morgan fingerprint density at radius 1 is 0.173 bits per heavy atom. The Morgan fingerprint density at radius 2 is 0.409 bits per heavy atom. The molecular formula is C126H184O. The molecular weight excluding hydrogens is 1530 g/mol. The van der Waals surface area contributed by atoms with Gasteiger partial charge in [-0.05, 0) is 283 Å². The highest BCUT2D eigenvalue weighted by Gasteiger charge is 2.42. The second-order valence-corrected chi connectivity index (χ2v) is 40.9. The van der Waals surface area contributed by atoms with Gasteiger partial charge in [-0.2, -0.15) is 0 Å². The fraction of sp³-hybridized carbons (Fsp3) is 0.611. The third-order valence-corrected chi connectivity index (χ3v) is 30.1. The van der Waals surface area contributed by atoms with E-state index in [9.17, 15) is 4.79 Å². The highest BCUT2D eigenvalue weighted by atomic mass is 16.1. The van der Waals surface area contributed by atoms with Gasteiger partial charge >= 0.3 is 0 Å². The second-order valence-electron chi connectivity index (χ2n) is 40.9. The summed E-state index contributed by atoms with van der Waals surface area (Å²) in [6, 6.07) is 51.4. The van der Waals surface area contributed by atoms with Crippen LogP contribution >= 0.6 is 0 Å². The average molecular weight is 1710 g/mol. The molecule has 0 aliphatic heterocycles. The van der Waals surface area contributed by atoms with Crippen molar-refractivity contribution in [3.63, 3.8) is 0 Å². The number of aryl methyl sites for hydroxylation is 7. The molecule has 0 atom stereocenters. The van der Waals surface area contributed by atoms with Gasteiger partial charge in [0.15, 0.2) is 5.78 Å². The van der Waals surface area contributed by atoms with Crippen LogP contribution in [-0.4, -0.2) is 5.78 Å². The Morgan fingerprint density at radius 3 is 0.646 bits per heavy atom. The zero-order valence-electron chi connectivity index (χ0n) is 81.4. The molecule has 0 N–H and O–H groups in total. The summed E-state index contributed by atoms with van der Waals surface area (Å²) in [5, 5.41) is 0. The van der Waals surface area contributed by atoms with Crippen molar-refractivity contribution in [2.24, 2.45) is 35.5 Å². The molecule has 0 amide bonds. The number of fused-ring (bicyclic) bond motifs is 8. The summed E-state index contributed by atoms with van der Waals surface area (Å²) >= 11 is 0. The SMILES string of the molecule is C1=CCC=CC1.C1=CCCC1.C1=CCCC=C1.C1=CCCCC1.C1C2CC3CC1CC(C2)C3.C1CC1.C1CCC1.C1CCC2CCCCC2C1.C1CCCC1.C1CCCCC1.C1CCCCCC1.C1CCCCCCC1.O=C1CCCc2ccccc21.c1ccc2c(c1)CC2.c1ccc2c(c1)CCC2.c1ccc2c(c1)CCCC2.c1ccc2c(c1)Cc1ccccc1-2. The maximum atomic E-state index is 11.3. The first-order chi connectivity index (χ1) is 63.1. The molecule has 694 valence electrons. The Bertz CT molecular complexity index is 3640. The molecule has 27 rings (SSSR count). The van der Waals surface area contributed by atoms with Gasteiger partial charge in [-0.15, -0.1) is 0 Å². The molecule has 0 saturated heterocycles. The van der Waals surface area contributed by atoms with Gasteiger partial charge in [-0.3, -0.25) is 4.79 Å². The smallest absolute Gasteiger partial charge is 0.163 e. The highest BCUT2D eigenvalue weighted by molar-refractivity contribution is 5.98. The quantitative estimate of drug-likeness (QED) is 0.109. The Hall–Kier alpha value is -6.57. The van der Waals surface area contributed by atoms with Crippen LogP contribution in [0.4, 0.5) is 0 Å². The Kier molecular flexibility index (Phi) is 54.6. The minimum absolute atomic E-state index is 0.312. The largest absolute Gasteiger partial charge is 0.294 e. The monoisotopic (exact) mass is 1710 g/mol. The first-order valence-electron chi connectivity index (χ1n) is 55.0. The zero-order valence-corrected chi connectivity index (χ0v) is 81.4. The molecule has 12 saturated carbocycles. The van der Waals surface area contributed by atoms with E-state index in [2.05, 4.69) is 194 Å². The van der Waals surface area contributed by atoms with Crippen molar-refractivity contribution >= 4 is 5.78 Å². The van der Waals surface area contributed by atoms with Crippen molar-refractivity contribution in [3.05, 3.63) is 274 Å². The molecule has 21 aliphatic rings. The van der Waals surface area contributed by atoms with Crippen molar-refractivity contribution in [2.75, 3.05) is 0 Å². The molecule has 12 fully saturated rings. The summed E-state index contributed by atoms with van der Waals surface area (Å²) in [6.45, 7) is 0. The number of carbonyl (C=O) groups is 1. The number of Topliss-reactive ketones (excluding diaryl/α,β-unsaturated/α-hetero) is 1. The topological polar surface area (TPSA) is 17.1 Å². The van der Waals surface area contributed by atoms with Gasteiger partial charge in [0.1, 0.15) is 0 Å². The van der Waals surface area contributed by atoms with Gasteiger partial charge in [0.25, 0.3) is 0 Å². The lowest BCUT2D eigenvalue weighted by atomic mass is 9.56. The normalized spacial score (nSPS) is 23.5. The molecule has 6 aromatic rings. The first-order valence-corrected chi connectivity index (χ1v) is 55.0. The van der Waals surface area contributed by atoms with Gasteiger partial charge in [0, 0.05) is 12.0 Å². The Labute approximate surface area is 782 Å². The van der Waals surface area contributed by atoms with Crippen LogP contribution in [0.5, 0.6) is 0 Å². The van der Waals surface area contributed by atoms with E-state index in [4.69, 9.17) is 0 Å². The third-order valence-electron chi connectivity index (χ3n) is 30.1. The molecule has 0 spiro atoms. The van der Waals surface area contributed by atoms with Crippen LogP contribution in [0.25, 0.3) is 11.1 Å². The number of carbonyl (C=O) groups excluding carboxylic acids is 1. The molecule has 127 heavy (non-hydrogen) atoms. The van der Waals surface area contributed by atoms with Crippen LogP contribution in [0, 0.1) is 35.5 Å². The number of ketones is 1. The van der Waals surface area contributed by atoms with Crippen molar-refractivity contribution < 1.29 is 4.79 Å². The second kappa shape index (κ2) is 67.6. The van der Waals surface area contributed by atoms with Gasteiger partial charge < -0.3 is 0 Å². The van der Waals surface area contributed by atoms with E-state index in [0.717, 1.165) is 55.9 Å². The van der Waals surface area contributed by atoms with E-state index in [1.165, 1.54) is 405 Å². The van der Waals surface area contributed by atoms with Crippen LogP contribution in [0.3, 0.4) is 0 Å². The third kappa shape index (κ3) is 44.9. The number of hydrogen-bond donors (Lipinski definition) is 0. The first kappa shape index (κ1) is 103. The van der Waals surface area contributed by atoms with Gasteiger partial charge in [0.2, 0.25) is 0 Å². The summed E-state index contributed by atoms with van der Waals surface area (Å²) in [5.74, 6) is 7.33. The molecule has 1 heteroatoms. The van der Waals surface area contributed by atoms with E-state index in [-0.39, 0.29) is 0 Å². The summed E-state index contributed by atoms with van der Waals surface area (Å²) in [4.78, 5) is 11.3. The molecule has 0 aromatic heterocycles. The maximum absolute atomic E-state index is 11.3. The van der Waals surface area contributed by atoms with E-state index >= 15 is 0 Å². The molecule has 0 heterocycles. The summed E-state index contributed by atoms with van der Waals surface area (Å²) in [5.41, 5.74) is 17.3. The zero-order chi connectivity index (χ0) is 87.6. The number of rotatable bonds is 0. The van der Waals surface area contributed by atoms with Gasteiger partial charge in [-0.1, -0.05) is 482 Å². The van der Waals surface area contributed by atoms with Crippen molar-refractivity contribution in [1.29, 1.82) is 0 Å². The number of hydrogen-bond acceptors (Lipinski definition) is 1. The van der Waals surface area contributed by atoms with E-state index in [1.54, 1.807) is 97.6 Å². The minimum atomic E-state index is 0.312. The van der Waals surface area contributed by atoms with E-state index < -0.39 is 0 Å². The minimum Gasteiger partial charge on any atom is -0.294 e. The lowest BCUT2D eigenvalue weighted by Gasteiger charge is -2.49. The molecule has 4 bridgehead atoms.